The number of rotatable bonds is 9. The molecule has 0 fully saturated rings. The number of aromatic nitrogens is 2. The molecule has 1 heterocycles. The second-order valence-corrected chi connectivity index (χ2v) is 5.71. The Morgan fingerprint density at radius 3 is 2.24 bits per heavy atom. The van der Waals surface area contributed by atoms with Crippen molar-refractivity contribution >= 4 is 23.7 Å². The van der Waals surface area contributed by atoms with Gasteiger partial charge in [0.1, 0.15) is 0 Å². The van der Waals surface area contributed by atoms with Crippen LogP contribution in [0.2, 0.25) is 0 Å². The smallest absolute Gasteiger partial charge is 0.353 e. The molecule has 0 aliphatic carbocycles. The van der Waals surface area contributed by atoms with E-state index in [0.29, 0.717) is 0 Å². The Morgan fingerprint density at radius 2 is 1.72 bits per heavy atom. The highest BCUT2D eigenvalue weighted by atomic mass is 16.6. The number of nitrogens with zero attached hydrogens (tertiary/aromatic N) is 2. The molecule has 154 valence electrons. The fourth-order valence-corrected chi connectivity index (χ4v) is 2.44. The number of hydrogen-bond donors (Lipinski definition) is 2. The highest BCUT2D eigenvalue weighted by Crippen LogP contribution is 2.18. The monoisotopic (exact) mass is 404 g/mol. The first kappa shape index (κ1) is 21.5. The lowest BCUT2D eigenvalue weighted by molar-refractivity contribution is -0.389. The van der Waals surface area contributed by atoms with E-state index in [9.17, 15) is 24.5 Å². The first-order valence-corrected chi connectivity index (χ1v) is 8.78. The zero-order chi connectivity index (χ0) is 21.4. The van der Waals surface area contributed by atoms with Crippen LogP contribution in [0.4, 0.5) is 5.82 Å². The van der Waals surface area contributed by atoms with Gasteiger partial charge in [0.2, 0.25) is 11.7 Å². The number of esters is 2. The van der Waals surface area contributed by atoms with E-state index in [1.54, 1.807) is 24.3 Å². The van der Waals surface area contributed by atoms with Crippen LogP contribution in [0.25, 0.3) is 0 Å². The molecule has 0 saturated heterocycles. The zero-order valence-electron chi connectivity index (χ0n) is 15.8. The fraction of sp³-hybridized carbons (Fsp3) is 0.333. The minimum absolute atomic E-state index is 0.0333. The third-order valence-electron chi connectivity index (χ3n) is 3.67. The summed E-state index contributed by atoms with van der Waals surface area (Å²) in [6.07, 6.45) is 0.216. The van der Waals surface area contributed by atoms with E-state index < -0.39 is 40.3 Å². The SMILES string of the molecule is CCOC(=O)C(NC(=O)c1nc(Cc2ccccc2)[nH]c1[N+](=O)[O-])C(=O)OCC. The van der Waals surface area contributed by atoms with Crippen molar-refractivity contribution in [3.8, 4) is 0 Å². The quantitative estimate of drug-likeness (QED) is 0.273. The predicted molar refractivity (Wildman–Crippen MR) is 99.0 cm³/mol. The molecule has 0 aliphatic heterocycles. The highest BCUT2D eigenvalue weighted by Gasteiger charge is 2.35. The van der Waals surface area contributed by atoms with Crippen molar-refractivity contribution in [3.05, 3.63) is 57.5 Å². The Hall–Kier alpha value is -3.76. The molecule has 1 amide bonds. The molecule has 11 heteroatoms. The van der Waals surface area contributed by atoms with Crippen LogP contribution in [-0.2, 0) is 25.5 Å². The predicted octanol–water partition coefficient (Wildman–Crippen LogP) is 1.13. The van der Waals surface area contributed by atoms with Gasteiger partial charge in [-0.15, -0.1) is 0 Å². The summed E-state index contributed by atoms with van der Waals surface area (Å²) in [5.74, 6) is -3.64. The van der Waals surface area contributed by atoms with Crippen molar-refractivity contribution in [2.24, 2.45) is 0 Å². The van der Waals surface area contributed by atoms with E-state index in [0.717, 1.165) is 5.56 Å². The van der Waals surface area contributed by atoms with Gasteiger partial charge in [0.15, 0.2) is 5.82 Å². The number of amides is 1. The first-order chi connectivity index (χ1) is 13.9. The summed E-state index contributed by atoms with van der Waals surface area (Å²) in [5.41, 5.74) is 0.263. The molecule has 1 aromatic carbocycles. The van der Waals surface area contributed by atoms with E-state index in [-0.39, 0.29) is 25.5 Å². The van der Waals surface area contributed by atoms with E-state index >= 15 is 0 Å². The summed E-state index contributed by atoms with van der Waals surface area (Å²) < 4.78 is 9.51. The Kier molecular flexibility index (Phi) is 7.40. The lowest BCUT2D eigenvalue weighted by Crippen LogP contribution is -2.48. The van der Waals surface area contributed by atoms with Gasteiger partial charge in [0.05, 0.1) is 19.6 Å². The van der Waals surface area contributed by atoms with Gasteiger partial charge in [-0.25, -0.2) is 14.6 Å². The number of benzene rings is 1. The van der Waals surface area contributed by atoms with Crippen LogP contribution in [0.15, 0.2) is 30.3 Å². The molecule has 0 atom stereocenters. The van der Waals surface area contributed by atoms with Gasteiger partial charge in [0.25, 0.3) is 5.91 Å². The highest BCUT2D eigenvalue weighted by molar-refractivity contribution is 6.06. The standard InChI is InChI=1S/C18H20N4O7/c1-3-28-17(24)14(18(25)29-4-2)21-16(23)13-15(22(26)27)20-12(19-13)10-11-8-6-5-7-9-11/h5-9,14H,3-4,10H2,1-2H3,(H,19,20)(H,21,23). The Bertz CT molecular complexity index is 877. The Labute approximate surface area is 165 Å². The van der Waals surface area contributed by atoms with E-state index in [1.165, 1.54) is 13.8 Å². The van der Waals surface area contributed by atoms with E-state index in [4.69, 9.17) is 9.47 Å². The molecule has 2 N–H and O–H groups in total. The Morgan fingerprint density at radius 1 is 1.14 bits per heavy atom. The number of nitro groups is 1. The summed E-state index contributed by atoms with van der Waals surface area (Å²) in [6, 6.07) is 7.23. The number of carbonyl (C=O) groups excluding carboxylic acids is 3. The summed E-state index contributed by atoms with van der Waals surface area (Å²) in [5, 5.41) is 13.4. The van der Waals surface area contributed by atoms with Crippen molar-refractivity contribution in [3.63, 3.8) is 0 Å². The summed E-state index contributed by atoms with van der Waals surface area (Å²) >= 11 is 0. The maximum absolute atomic E-state index is 12.5. The first-order valence-electron chi connectivity index (χ1n) is 8.78. The van der Waals surface area contributed by atoms with Gasteiger partial charge in [-0.2, -0.15) is 4.98 Å². The maximum Gasteiger partial charge on any atom is 0.353 e. The van der Waals surface area contributed by atoms with Gasteiger partial charge in [-0.1, -0.05) is 30.3 Å². The number of H-pyrrole nitrogens is 1. The molecular formula is C18H20N4O7. The van der Waals surface area contributed by atoms with Crippen molar-refractivity contribution in [1.82, 2.24) is 15.3 Å². The molecule has 2 aromatic rings. The molecule has 0 saturated carbocycles. The largest absolute Gasteiger partial charge is 0.464 e. The topological polar surface area (TPSA) is 154 Å². The van der Waals surface area contributed by atoms with Crippen LogP contribution in [0.5, 0.6) is 0 Å². The van der Waals surface area contributed by atoms with Gasteiger partial charge >= 0.3 is 17.8 Å². The zero-order valence-corrected chi connectivity index (χ0v) is 15.8. The van der Waals surface area contributed by atoms with Gasteiger partial charge in [-0.3, -0.25) is 4.79 Å². The van der Waals surface area contributed by atoms with Crippen LogP contribution in [0.3, 0.4) is 0 Å². The van der Waals surface area contributed by atoms with Crippen LogP contribution in [-0.4, -0.2) is 52.0 Å². The van der Waals surface area contributed by atoms with Crippen molar-refractivity contribution in [1.29, 1.82) is 0 Å². The van der Waals surface area contributed by atoms with Crippen molar-refractivity contribution < 1.29 is 28.8 Å². The molecule has 0 bridgehead atoms. The van der Waals surface area contributed by atoms with E-state index in [2.05, 4.69) is 15.3 Å². The normalized spacial score (nSPS) is 10.4. The summed E-state index contributed by atoms with van der Waals surface area (Å²) in [6.45, 7) is 2.98. The second kappa shape index (κ2) is 9.97. The number of ether oxygens (including phenoxy) is 2. The van der Waals surface area contributed by atoms with Crippen LogP contribution in [0, 0.1) is 10.1 Å². The van der Waals surface area contributed by atoms with Crippen LogP contribution < -0.4 is 5.32 Å². The lowest BCUT2D eigenvalue weighted by atomic mass is 10.1. The third kappa shape index (κ3) is 5.61. The minimum Gasteiger partial charge on any atom is -0.464 e. The second-order valence-electron chi connectivity index (χ2n) is 5.71. The molecule has 0 spiro atoms. The third-order valence-corrected chi connectivity index (χ3v) is 3.67. The maximum atomic E-state index is 12.5. The van der Waals surface area contributed by atoms with Crippen molar-refractivity contribution in [2.75, 3.05) is 13.2 Å². The van der Waals surface area contributed by atoms with Crippen molar-refractivity contribution in [2.45, 2.75) is 26.3 Å². The molecule has 0 unspecified atom stereocenters. The van der Waals surface area contributed by atoms with Gasteiger partial charge in [-0.05, 0) is 24.3 Å². The molecular weight excluding hydrogens is 384 g/mol. The Balaban J connectivity index is 2.28. The molecule has 2 rings (SSSR count). The summed E-state index contributed by atoms with van der Waals surface area (Å²) in [7, 11) is 0. The fourth-order valence-electron chi connectivity index (χ4n) is 2.44. The number of nitrogens with one attached hydrogen (secondary N) is 2. The lowest BCUT2D eigenvalue weighted by Gasteiger charge is -2.15. The number of hydrogen-bond acceptors (Lipinski definition) is 8. The molecule has 11 nitrogen and oxygen atoms in total. The van der Waals surface area contributed by atoms with Crippen LogP contribution in [0.1, 0.15) is 35.7 Å². The number of imidazole rings is 1. The number of aromatic amines is 1. The molecule has 1 aromatic heterocycles. The minimum atomic E-state index is -1.77. The van der Waals surface area contributed by atoms with Crippen LogP contribution >= 0.6 is 0 Å². The molecule has 0 aliphatic rings. The molecule has 0 radical (unpaired) electrons. The van der Waals surface area contributed by atoms with Gasteiger partial charge in [0, 0.05) is 0 Å². The number of carbonyl (C=O) groups is 3. The molecule has 29 heavy (non-hydrogen) atoms. The average molecular weight is 404 g/mol. The average Bonchev–Trinajstić information content (AvgIpc) is 3.11. The van der Waals surface area contributed by atoms with Gasteiger partial charge < -0.3 is 24.9 Å². The summed E-state index contributed by atoms with van der Waals surface area (Å²) in [4.78, 5) is 53.5. The van der Waals surface area contributed by atoms with E-state index in [1.807, 2.05) is 6.07 Å².